The minimum absolute atomic E-state index is 0.154. The first kappa shape index (κ1) is 7.12. The Kier molecular flexibility index (Phi) is 2.09. The molecule has 1 fully saturated rings. The summed E-state index contributed by atoms with van der Waals surface area (Å²) >= 11 is 0. The van der Waals surface area contributed by atoms with Gasteiger partial charge < -0.3 is 4.23 Å². The van der Waals surface area contributed by atoms with Gasteiger partial charge in [-0.1, -0.05) is 18.2 Å². The molecule has 0 saturated carbocycles. The summed E-state index contributed by atoms with van der Waals surface area (Å²) in [5, 5.41) is 0. The highest BCUT2D eigenvalue weighted by molar-refractivity contribution is 6.68. The van der Waals surface area contributed by atoms with E-state index in [9.17, 15) is 0 Å². The average Bonchev–Trinajstić information content (AvgIpc) is 2.58. The van der Waals surface area contributed by atoms with Crippen molar-refractivity contribution in [1.29, 1.82) is 0 Å². The zero-order valence-electron chi connectivity index (χ0n) is 6.66. The van der Waals surface area contributed by atoms with Crippen molar-refractivity contribution in [2.45, 2.75) is 12.1 Å². The Morgan fingerprint density at radius 1 is 1.00 bits per heavy atom. The molecule has 1 aliphatic rings. The summed E-state index contributed by atoms with van der Waals surface area (Å²) in [6, 6.07) is 14.0. The Hall–Kier alpha value is -0.546. The van der Waals surface area contributed by atoms with Crippen LogP contribution in [0, 0.1) is 0 Å². The van der Waals surface area contributed by atoms with Crippen molar-refractivity contribution < 1.29 is 0 Å². The lowest BCUT2D eigenvalue weighted by molar-refractivity contribution is 1.46. The first-order valence-electron chi connectivity index (χ1n) is 4.27. The van der Waals surface area contributed by atoms with E-state index in [2.05, 4.69) is 34.6 Å². The lowest BCUT2D eigenvalue weighted by atomic mass is 10.3. The highest BCUT2D eigenvalue weighted by Gasteiger charge is 2.11. The third kappa shape index (κ3) is 1.54. The molecule has 0 amide bonds. The molecule has 3 heteroatoms. The lowest BCUT2D eigenvalue weighted by Crippen LogP contribution is -2.22. The van der Waals surface area contributed by atoms with Gasteiger partial charge in [-0.05, 0) is 24.2 Å². The smallest absolute Gasteiger partial charge is 0.113 e. The summed E-state index contributed by atoms with van der Waals surface area (Å²) in [5.74, 6) is 0. The third-order valence-electron chi connectivity index (χ3n) is 2.23. The fourth-order valence-corrected chi connectivity index (χ4v) is 7.34. The van der Waals surface area contributed by atoms with Gasteiger partial charge in [-0.3, -0.25) is 0 Å². The molecule has 0 spiro atoms. The molecule has 1 aromatic carbocycles. The molecule has 0 aromatic heterocycles. The van der Waals surface area contributed by atoms with Crippen LogP contribution in [0.5, 0.6) is 0 Å². The molecule has 1 saturated heterocycles. The van der Waals surface area contributed by atoms with Crippen LogP contribution in [-0.2, 0) is 0 Å². The van der Waals surface area contributed by atoms with E-state index < -0.39 is 0 Å². The van der Waals surface area contributed by atoms with Gasteiger partial charge in [-0.2, -0.15) is 0 Å². The van der Waals surface area contributed by atoms with Gasteiger partial charge in [-0.15, -0.1) is 0 Å². The minimum atomic E-state index is 0.154. The van der Waals surface area contributed by atoms with Crippen LogP contribution in [-0.4, -0.2) is 19.4 Å². The molecule has 2 rings (SSSR count). The van der Waals surface area contributed by atoms with E-state index in [0.29, 0.717) is 0 Å². The molecular weight excluding hydrogens is 166 g/mol. The van der Waals surface area contributed by atoms with Crippen molar-refractivity contribution in [2.75, 3.05) is 4.23 Å². The topological polar surface area (TPSA) is 3.24 Å². The van der Waals surface area contributed by atoms with Gasteiger partial charge in [-0.25, -0.2) is 0 Å². The van der Waals surface area contributed by atoms with E-state index in [1.165, 1.54) is 5.69 Å². The van der Waals surface area contributed by atoms with E-state index in [4.69, 9.17) is 0 Å². The van der Waals surface area contributed by atoms with Gasteiger partial charge in [0, 0.05) is 5.69 Å². The summed E-state index contributed by atoms with van der Waals surface area (Å²) < 4.78 is 2.72. The SMILES string of the molecule is c1ccc(N2[SiH2]CC[SiH2]2)cc1. The van der Waals surface area contributed by atoms with Crippen LogP contribution in [0.4, 0.5) is 5.69 Å². The number of benzene rings is 1. The maximum Gasteiger partial charge on any atom is 0.113 e. The van der Waals surface area contributed by atoms with Crippen LogP contribution in [0.25, 0.3) is 0 Å². The van der Waals surface area contributed by atoms with Crippen molar-refractivity contribution in [3.63, 3.8) is 0 Å². The van der Waals surface area contributed by atoms with Crippen LogP contribution >= 0.6 is 0 Å². The van der Waals surface area contributed by atoms with Crippen LogP contribution in [0.3, 0.4) is 0 Å². The van der Waals surface area contributed by atoms with Gasteiger partial charge in [0.25, 0.3) is 0 Å². The summed E-state index contributed by atoms with van der Waals surface area (Å²) in [4.78, 5) is 0. The number of rotatable bonds is 1. The van der Waals surface area contributed by atoms with Gasteiger partial charge in [0.1, 0.15) is 19.4 Å². The van der Waals surface area contributed by atoms with Crippen LogP contribution in [0.2, 0.25) is 12.1 Å². The van der Waals surface area contributed by atoms with Crippen molar-refractivity contribution >= 4 is 25.0 Å². The summed E-state index contributed by atoms with van der Waals surface area (Å²) in [5.41, 5.74) is 1.50. The van der Waals surface area contributed by atoms with Gasteiger partial charge in [0.15, 0.2) is 0 Å². The first-order chi connectivity index (χ1) is 5.47. The van der Waals surface area contributed by atoms with Crippen molar-refractivity contribution in [2.24, 2.45) is 0 Å². The fraction of sp³-hybridized carbons (Fsp3) is 0.250. The molecule has 0 bridgehead atoms. The maximum absolute atomic E-state index is 2.72. The van der Waals surface area contributed by atoms with Crippen molar-refractivity contribution in [3.05, 3.63) is 30.3 Å². The summed E-state index contributed by atoms with van der Waals surface area (Å²) in [6.07, 6.45) is 0. The molecule has 0 N–H and O–H groups in total. The van der Waals surface area contributed by atoms with E-state index in [-0.39, 0.29) is 19.4 Å². The van der Waals surface area contributed by atoms with E-state index in [1.54, 1.807) is 12.1 Å². The molecule has 1 heterocycles. The predicted octanol–water partition coefficient (Wildman–Crippen LogP) is 0.511. The highest BCUT2D eigenvalue weighted by Crippen LogP contribution is 2.16. The molecule has 1 aromatic rings. The molecule has 58 valence electrons. The Morgan fingerprint density at radius 2 is 1.64 bits per heavy atom. The molecule has 0 atom stereocenters. The summed E-state index contributed by atoms with van der Waals surface area (Å²) in [7, 11) is 0.308. The average molecular weight is 179 g/mol. The molecule has 0 unspecified atom stereocenters. The second-order valence-electron chi connectivity index (χ2n) is 3.03. The molecule has 0 aliphatic carbocycles. The normalized spacial score (nSPS) is 21.6. The number of para-hydroxylation sites is 1. The third-order valence-corrected chi connectivity index (χ3v) is 8.57. The van der Waals surface area contributed by atoms with Gasteiger partial charge in [0.05, 0.1) is 0 Å². The standard InChI is InChI=1S/C8H13NSi2/c1-2-4-8(5-3-1)9-10-6-7-11-9/h1-5H,6-7,10-11H2. The van der Waals surface area contributed by atoms with Gasteiger partial charge >= 0.3 is 0 Å². The largest absolute Gasteiger partial charge is 0.434 e. The molecule has 1 nitrogen and oxygen atoms in total. The number of anilines is 1. The molecule has 0 radical (unpaired) electrons. The van der Waals surface area contributed by atoms with Gasteiger partial charge in [0.2, 0.25) is 0 Å². The Labute approximate surface area is 72.2 Å². The Balaban J connectivity index is 2.16. The molecule has 11 heavy (non-hydrogen) atoms. The van der Waals surface area contributed by atoms with Crippen molar-refractivity contribution in [3.8, 4) is 0 Å². The van der Waals surface area contributed by atoms with Crippen LogP contribution in [0.1, 0.15) is 0 Å². The highest BCUT2D eigenvalue weighted by atomic mass is 28.3. The van der Waals surface area contributed by atoms with Crippen LogP contribution in [0.15, 0.2) is 30.3 Å². The lowest BCUT2D eigenvalue weighted by Gasteiger charge is -2.17. The maximum atomic E-state index is 2.72. The number of nitrogens with zero attached hydrogens (tertiary/aromatic N) is 1. The predicted molar refractivity (Wildman–Crippen MR) is 55.6 cm³/mol. The zero-order valence-corrected chi connectivity index (χ0v) is 9.49. The summed E-state index contributed by atoms with van der Waals surface area (Å²) in [6.45, 7) is 0. The minimum Gasteiger partial charge on any atom is -0.434 e. The van der Waals surface area contributed by atoms with E-state index in [0.717, 1.165) is 0 Å². The van der Waals surface area contributed by atoms with E-state index in [1.807, 2.05) is 0 Å². The monoisotopic (exact) mass is 179 g/mol. The van der Waals surface area contributed by atoms with E-state index >= 15 is 0 Å². The first-order valence-corrected chi connectivity index (χ1v) is 7.53. The second-order valence-corrected chi connectivity index (χ2v) is 7.76. The number of hydrogen-bond donors (Lipinski definition) is 0. The Morgan fingerprint density at radius 3 is 2.27 bits per heavy atom. The molecular formula is C8H13NSi2. The fourth-order valence-electron chi connectivity index (χ4n) is 1.61. The second kappa shape index (κ2) is 3.23. The zero-order chi connectivity index (χ0) is 7.52. The Bertz CT molecular complexity index is 219. The van der Waals surface area contributed by atoms with Crippen LogP contribution < -0.4 is 4.23 Å². The number of hydrogen-bond acceptors (Lipinski definition) is 1. The quantitative estimate of drug-likeness (QED) is 0.568. The molecule has 1 aliphatic heterocycles. The van der Waals surface area contributed by atoms with Crippen molar-refractivity contribution in [1.82, 2.24) is 0 Å².